The number of rotatable bonds is 3. The summed E-state index contributed by atoms with van der Waals surface area (Å²) in [5, 5.41) is 3.32. The van der Waals surface area contributed by atoms with Crippen LogP contribution < -0.4 is 5.32 Å². The summed E-state index contributed by atoms with van der Waals surface area (Å²) in [6, 6.07) is 11.7. The number of nitrogens with zero attached hydrogens (tertiary/aromatic N) is 2. The third-order valence-electron chi connectivity index (χ3n) is 3.84. The lowest BCUT2D eigenvalue weighted by Crippen LogP contribution is -2.16. The van der Waals surface area contributed by atoms with Crippen molar-refractivity contribution in [2.75, 3.05) is 5.32 Å². The van der Waals surface area contributed by atoms with Crippen molar-refractivity contribution in [3.63, 3.8) is 0 Å². The molecule has 0 radical (unpaired) electrons. The van der Waals surface area contributed by atoms with Crippen molar-refractivity contribution < 1.29 is 18.0 Å². The molecule has 0 aliphatic carbocycles. The van der Waals surface area contributed by atoms with Crippen LogP contribution in [-0.2, 0) is 6.18 Å². The van der Waals surface area contributed by atoms with Gasteiger partial charge in [-0.05, 0) is 49.4 Å². The van der Waals surface area contributed by atoms with Crippen LogP contribution in [0.4, 0.5) is 18.9 Å². The van der Waals surface area contributed by atoms with Crippen LogP contribution in [0.2, 0.25) is 10.2 Å². The lowest BCUT2D eigenvalue weighted by atomic mass is 10.1. The number of carbonyl (C=O) groups is 1. The molecule has 1 N–H and O–H groups in total. The molecule has 3 aromatic rings. The molecular weight excluding hydrogens is 414 g/mol. The number of aromatic nitrogens is 2. The van der Waals surface area contributed by atoms with E-state index in [1.807, 2.05) is 0 Å². The highest BCUT2D eigenvalue weighted by atomic mass is 35.5. The number of carbonyl (C=O) groups excluding carboxylic acids is 1. The van der Waals surface area contributed by atoms with E-state index >= 15 is 0 Å². The number of halogens is 5. The van der Waals surface area contributed by atoms with Gasteiger partial charge >= 0.3 is 6.18 Å². The van der Waals surface area contributed by atoms with E-state index in [1.54, 1.807) is 36.4 Å². The number of nitrogens with one attached hydrogen (secondary N) is 1. The molecule has 0 aliphatic heterocycles. The molecule has 0 saturated heterocycles. The van der Waals surface area contributed by atoms with E-state index in [2.05, 4.69) is 15.3 Å². The second-order valence-corrected chi connectivity index (χ2v) is 6.62. The lowest BCUT2D eigenvalue weighted by Gasteiger charge is -2.12. The average Bonchev–Trinajstić information content (AvgIpc) is 2.62. The molecule has 0 spiro atoms. The van der Waals surface area contributed by atoms with Crippen LogP contribution in [-0.4, -0.2) is 15.9 Å². The Morgan fingerprint density at radius 3 is 2.43 bits per heavy atom. The van der Waals surface area contributed by atoms with Gasteiger partial charge in [-0.1, -0.05) is 29.3 Å². The Bertz CT molecular complexity index is 1050. The van der Waals surface area contributed by atoms with Gasteiger partial charge < -0.3 is 5.32 Å². The van der Waals surface area contributed by atoms with Crippen molar-refractivity contribution in [3.8, 4) is 11.3 Å². The molecule has 0 fully saturated rings. The number of aryl methyl sites for hydroxylation is 1. The highest BCUT2D eigenvalue weighted by molar-refractivity contribution is 6.33. The summed E-state index contributed by atoms with van der Waals surface area (Å²) in [4.78, 5) is 20.1. The van der Waals surface area contributed by atoms with Crippen molar-refractivity contribution >= 4 is 34.8 Å². The van der Waals surface area contributed by atoms with Crippen LogP contribution >= 0.6 is 23.2 Å². The third kappa shape index (κ3) is 4.43. The SMILES string of the molecule is Cc1nc(C(F)(F)F)ccc1C(=O)Nc1ccc(Cl)c(-c2cccc(Cl)n2)c1. The number of alkyl halides is 3. The fourth-order valence-electron chi connectivity index (χ4n) is 2.51. The molecule has 1 aromatic carbocycles. The first-order valence-corrected chi connectivity index (χ1v) is 8.69. The first-order valence-electron chi connectivity index (χ1n) is 7.94. The van der Waals surface area contributed by atoms with Gasteiger partial charge in [0.15, 0.2) is 0 Å². The molecule has 28 heavy (non-hydrogen) atoms. The summed E-state index contributed by atoms with van der Waals surface area (Å²) in [5.74, 6) is -0.592. The Morgan fingerprint density at radius 1 is 1.04 bits per heavy atom. The summed E-state index contributed by atoms with van der Waals surface area (Å²) >= 11 is 12.1. The Kier molecular flexibility index (Phi) is 5.58. The average molecular weight is 426 g/mol. The van der Waals surface area contributed by atoms with Crippen molar-refractivity contribution in [3.05, 3.63) is 75.7 Å². The molecule has 2 heterocycles. The molecule has 3 rings (SSSR count). The zero-order valence-electron chi connectivity index (χ0n) is 14.3. The van der Waals surface area contributed by atoms with E-state index < -0.39 is 17.8 Å². The van der Waals surface area contributed by atoms with Gasteiger partial charge in [-0.15, -0.1) is 0 Å². The molecule has 1 amide bonds. The number of hydrogen-bond donors (Lipinski definition) is 1. The Balaban J connectivity index is 1.88. The van der Waals surface area contributed by atoms with Gasteiger partial charge in [-0.3, -0.25) is 4.79 Å². The summed E-state index contributed by atoms with van der Waals surface area (Å²) in [7, 11) is 0. The van der Waals surface area contributed by atoms with Gasteiger partial charge in [-0.25, -0.2) is 9.97 Å². The van der Waals surface area contributed by atoms with Crippen LogP contribution in [0.15, 0.2) is 48.5 Å². The number of amides is 1. The maximum atomic E-state index is 12.7. The molecular formula is C19H12Cl2F3N3O. The summed E-state index contributed by atoms with van der Waals surface area (Å²) in [6.07, 6.45) is -4.57. The highest BCUT2D eigenvalue weighted by Crippen LogP contribution is 2.31. The monoisotopic (exact) mass is 425 g/mol. The molecule has 0 bridgehead atoms. The maximum Gasteiger partial charge on any atom is 0.433 e. The largest absolute Gasteiger partial charge is 0.433 e. The molecule has 0 aliphatic rings. The summed E-state index contributed by atoms with van der Waals surface area (Å²) < 4.78 is 38.2. The second-order valence-electron chi connectivity index (χ2n) is 5.82. The smallest absolute Gasteiger partial charge is 0.322 e. The maximum absolute atomic E-state index is 12.7. The first kappa shape index (κ1) is 20.1. The van der Waals surface area contributed by atoms with Crippen LogP contribution in [0, 0.1) is 6.92 Å². The zero-order valence-corrected chi connectivity index (χ0v) is 15.8. The number of hydrogen-bond acceptors (Lipinski definition) is 3. The predicted molar refractivity (Wildman–Crippen MR) is 102 cm³/mol. The standard InChI is InChI=1S/C19H12Cl2F3N3O/c1-10-12(6-8-16(25-10)19(22,23)24)18(28)26-11-5-7-14(20)13(9-11)15-3-2-4-17(21)27-15/h2-9H,1H3,(H,26,28). The van der Waals surface area contributed by atoms with Crippen molar-refractivity contribution in [1.29, 1.82) is 0 Å². The van der Waals surface area contributed by atoms with Gasteiger partial charge in [0.1, 0.15) is 10.8 Å². The number of benzene rings is 1. The predicted octanol–water partition coefficient (Wildman–Crippen LogP) is 6.03. The van der Waals surface area contributed by atoms with Gasteiger partial charge in [0, 0.05) is 11.3 Å². The molecule has 0 atom stereocenters. The minimum atomic E-state index is -4.57. The topological polar surface area (TPSA) is 54.9 Å². The van der Waals surface area contributed by atoms with Crippen LogP contribution in [0.5, 0.6) is 0 Å². The normalized spacial score (nSPS) is 11.4. The minimum Gasteiger partial charge on any atom is -0.322 e. The van der Waals surface area contributed by atoms with Gasteiger partial charge in [0.05, 0.1) is 22.0 Å². The lowest BCUT2D eigenvalue weighted by molar-refractivity contribution is -0.141. The fraction of sp³-hybridized carbons (Fsp3) is 0.105. The Morgan fingerprint density at radius 2 is 1.79 bits per heavy atom. The quantitative estimate of drug-likeness (QED) is 0.521. The van der Waals surface area contributed by atoms with Gasteiger partial charge in [0.2, 0.25) is 0 Å². The van der Waals surface area contributed by atoms with E-state index in [-0.39, 0.29) is 16.4 Å². The van der Waals surface area contributed by atoms with E-state index in [1.165, 1.54) is 6.92 Å². The minimum absolute atomic E-state index is 0.0296. The molecule has 144 valence electrons. The molecule has 4 nitrogen and oxygen atoms in total. The molecule has 9 heteroatoms. The van der Waals surface area contributed by atoms with Crippen molar-refractivity contribution in [2.24, 2.45) is 0 Å². The van der Waals surface area contributed by atoms with Gasteiger partial charge in [-0.2, -0.15) is 13.2 Å². The van der Waals surface area contributed by atoms with Crippen LogP contribution in [0.25, 0.3) is 11.3 Å². The second kappa shape index (κ2) is 7.77. The van der Waals surface area contributed by atoms with E-state index in [0.717, 1.165) is 12.1 Å². The third-order valence-corrected chi connectivity index (χ3v) is 4.38. The zero-order chi connectivity index (χ0) is 20.5. The van der Waals surface area contributed by atoms with Crippen molar-refractivity contribution in [1.82, 2.24) is 9.97 Å². The van der Waals surface area contributed by atoms with Crippen LogP contribution in [0.3, 0.4) is 0 Å². The number of pyridine rings is 2. The van der Waals surface area contributed by atoms with E-state index in [4.69, 9.17) is 23.2 Å². The summed E-state index contributed by atoms with van der Waals surface area (Å²) in [5.41, 5.74) is 0.404. The first-order chi connectivity index (χ1) is 13.1. The Labute approximate surface area is 168 Å². The molecule has 0 saturated carbocycles. The van der Waals surface area contributed by atoms with E-state index in [0.29, 0.717) is 22.0 Å². The summed E-state index contributed by atoms with van der Waals surface area (Å²) in [6.45, 7) is 1.34. The van der Waals surface area contributed by atoms with E-state index in [9.17, 15) is 18.0 Å². The fourth-order valence-corrected chi connectivity index (χ4v) is 2.89. The van der Waals surface area contributed by atoms with Crippen molar-refractivity contribution in [2.45, 2.75) is 13.1 Å². The highest BCUT2D eigenvalue weighted by Gasteiger charge is 2.33. The van der Waals surface area contributed by atoms with Gasteiger partial charge in [0.25, 0.3) is 5.91 Å². The molecule has 0 unspecified atom stereocenters. The Hall–Kier alpha value is -2.64. The van der Waals surface area contributed by atoms with Crippen LogP contribution in [0.1, 0.15) is 21.7 Å². The molecule has 2 aromatic heterocycles. The number of anilines is 1.